The zero-order valence-electron chi connectivity index (χ0n) is 30.8. The Balaban J connectivity index is 1.87. The molecule has 0 aliphatic heterocycles. The highest BCUT2D eigenvalue weighted by atomic mass is 16.6. The standard InChI is InChI=1S/C36H51N9O8/c1-21-17-24(46)18-22(2)25(21)20-27(43-31(48)28(51-34(39)49)14-16-40-33(37)38)30(47)42-26(13-9-10-15-41-35(50)52-36(3,4)5)32-44-29(45-53-32)19-23-11-7-6-8-12-23/h6-8,11-12,17-18,26-28,46H,9-10,13-16,19-20H2,1-5H3,(H2,39,49)(H,41,50)(H,42,47)(H,43,48)(H4,37,38,40)/t26-,27-,28+/m0/s1. The number of nitrogens with two attached hydrogens (primary N) is 2. The number of aromatic nitrogens is 2. The molecule has 53 heavy (non-hydrogen) atoms. The molecule has 17 heteroatoms. The van der Waals surface area contributed by atoms with Crippen LogP contribution in [0.3, 0.4) is 0 Å². The highest BCUT2D eigenvalue weighted by molar-refractivity contribution is 5.90. The number of primary amides is 1. The molecule has 0 aliphatic carbocycles. The summed E-state index contributed by atoms with van der Waals surface area (Å²) in [6.45, 7) is 9.17. The average Bonchev–Trinajstić information content (AvgIpc) is 3.52. The van der Waals surface area contributed by atoms with E-state index in [9.17, 15) is 24.3 Å². The molecule has 3 atom stereocenters. The van der Waals surface area contributed by atoms with E-state index in [4.69, 9.17) is 30.9 Å². The second kappa shape index (κ2) is 19.7. The molecule has 288 valence electrons. The topological polar surface area (TPSA) is 270 Å². The van der Waals surface area contributed by atoms with Gasteiger partial charge < -0.3 is 51.8 Å². The van der Waals surface area contributed by atoms with Crippen LogP contribution in [0, 0.1) is 19.3 Å². The second-order valence-corrected chi connectivity index (χ2v) is 13.6. The number of ether oxygens (including phenoxy) is 2. The fourth-order valence-electron chi connectivity index (χ4n) is 5.46. The highest BCUT2D eigenvalue weighted by Gasteiger charge is 2.31. The van der Waals surface area contributed by atoms with Gasteiger partial charge in [-0.15, -0.1) is 0 Å². The summed E-state index contributed by atoms with van der Waals surface area (Å²) in [7, 11) is 0. The maximum Gasteiger partial charge on any atom is 0.407 e. The number of benzene rings is 2. The number of rotatable bonds is 18. The maximum atomic E-state index is 14.2. The number of guanidine groups is 1. The Bertz CT molecular complexity index is 1690. The van der Waals surface area contributed by atoms with Crippen molar-refractivity contribution in [1.29, 1.82) is 5.41 Å². The van der Waals surface area contributed by atoms with Gasteiger partial charge in [0.2, 0.25) is 11.8 Å². The molecule has 0 saturated carbocycles. The lowest BCUT2D eigenvalue weighted by Crippen LogP contribution is -2.52. The zero-order valence-corrected chi connectivity index (χ0v) is 30.8. The minimum absolute atomic E-state index is 0.000125. The SMILES string of the molecule is Cc1cc(O)cc(C)c1C[C@H](NC(=O)[C@@H](CCNC(=N)N)OC(N)=O)C(=O)N[C@@H](CCCCNC(=O)OC(C)(C)C)c1nc(Cc2ccccc2)no1. The van der Waals surface area contributed by atoms with Gasteiger partial charge in [0.15, 0.2) is 17.9 Å². The summed E-state index contributed by atoms with van der Waals surface area (Å²) in [5, 5.41) is 32.5. The first kappa shape index (κ1) is 41.5. The van der Waals surface area contributed by atoms with Gasteiger partial charge in [0.1, 0.15) is 23.4 Å². The molecule has 3 aromatic rings. The first-order chi connectivity index (χ1) is 25.0. The van der Waals surface area contributed by atoms with E-state index >= 15 is 0 Å². The van der Waals surface area contributed by atoms with E-state index in [-0.39, 0.29) is 37.0 Å². The number of unbranched alkanes of at least 4 members (excludes halogenated alkanes) is 1. The van der Waals surface area contributed by atoms with E-state index in [1.807, 2.05) is 30.3 Å². The monoisotopic (exact) mass is 737 g/mol. The average molecular weight is 738 g/mol. The number of alkyl carbamates (subject to hydrolysis) is 1. The van der Waals surface area contributed by atoms with Crippen molar-refractivity contribution in [2.45, 2.75) is 96.9 Å². The lowest BCUT2D eigenvalue weighted by Gasteiger charge is -2.25. The van der Waals surface area contributed by atoms with Crippen molar-refractivity contribution in [3.63, 3.8) is 0 Å². The third kappa shape index (κ3) is 14.7. The minimum Gasteiger partial charge on any atom is -0.508 e. The molecule has 0 saturated heterocycles. The van der Waals surface area contributed by atoms with E-state index in [1.165, 1.54) is 0 Å². The molecule has 3 rings (SSSR count). The number of aryl methyl sites for hydroxylation is 2. The molecule has 0 aliphatic rings. The van der Waals surface area contributed by atoms with Crippen LogP contribution >= 0.6 is 0 Å². The quantitative estimate of drug-likeness (QED) is 0.0532. The summed E-state index contributed by atoms with van der Waals surface area (Å²) in [6.07, 6.45) is -1.50. The van der Waals surface area contributed by atoms with Crippen LogP contribution in [-0.2, 0) is 31.9 Å². The van der Waals surface area contributed by atoms with Crippen LogP contribution in [0.15, 0.2) is 47.0 Å². The number of hydrogen-bond acceptors (Lipinski definition) is 11. The first-order valence-electron chi connectivity index (χ1n) is 17.3. The van der Waals surface area contributed by atoms with Crippen molar-refractivity contribution in [3.05, 3.63) is 76.4 Å². The molecule has 4 amide bonds. The van der Waals surface area contributed by atoms with E-state index in [1.54, 1.807) is 46.8 Å². The smallest absolute Gasteiger partial charge is 0.407 e. The number of carbonyl (C=O) groups excluding carboxylic acids is 4. The lowest BCUT2D eigenvalue weighted by molar-refractivity contribution is -0.134. The third-order valence-electron chi connectivity index (χ3n) is 7.89. The largest absolute Gasteiger partial charge is 0.508 e. The van der Waals surface area contributed by atoms with Gasteiger partial charge in [0, 0.05) is 32.4 Å². The zero-order chi connectivity index (χ0) is 39.1. The van der Waals surface area contributed by atoms with Gasteiger partial charge in [-0.05, 0) is 88.3 Å². The Labute approximate surface area is 308 Å². The van der Waals surface area contributed by atoms with Crippen LogP contribution in [0.4, 0.5) is 9.59 Å². The number of nitrogens with zero attached hydrogens (tertiary/aromatic N) is 2. The van der Waals surface area contributed by atoms with Crippen LogP contribution in [0.1, 0.15) is 86.5 Å². The van der Waals surface area contributed by atoms with E-state index < -0.39 is 47.8 Å². The van der Waals surface area contributed by atoms with Crippen molar-refractivity contribution in [2.75, 3.05) is 13.1 Å². The van der Waals surface area contributed by atoms with Crippen LogP contribution in [0.25, 0.3) is 0 Å². The minimum atomic E-state index is -1.42. The summed E-state index contributed by atoms with van der Waals surface area (Å²) in [5.74, 6) is -1.16. The molecule has 0 fully saturated rings. The number of aromatic hydroxyl groups is 1. The molecule has 10 N–H and O–H groups in total. The van der Waals surface area contributed by atoms with Gasteiger partial charge in [-0.1, -0.05) is 35.5 Å². The lowest BCUT2D eigenvalue weighted by atomic mass is 9.95. The number of phenols is 1. The molecule has 1 aromatic heterocycles. The molecule has 0 spiro atoms. The van der Waals surface area contributed by atoms with Crippen molar-refractivity contribution in [3.8, 4) is 5.75 Å². The van der Waals surface area contributed by atoms with Gasteiger partial charge in [0.05, 0.1) is 0 Å². The molecule has 0 unspecified atom stereocenters. The summed E-state index contributed by atoms with van der Waals surface area (Å²) in [6, 6.07) is 10.6. The molecular formula is C36H51N9O8. The Kier molecular flexibility index (Phi) is 15.4. The van der Waals surface area contributed by atoms with E-state index in [0.29, 0.717) is 54.7 Å². The van der Waals surface area contributed by atoms with Crippen molar-refractivity contribution in [2.24, 2.45) is 11.5 Å². The Hall–Kier alpha value is -5.87. The number of amides is 4. The van der Waals surface area contributed by atoms with Gasteiger partial charge in [-0.3, -0.25) is 15.0 Å². The fraction of sp³-hybridized carbons (Fsp3) is 0.472. The third-order valence-corrected chi connectivity index (χ3v) is 7.89. The predicted octanol–water partition coefficient (Wildman–Crippen LogP) is 2.90. The molecule has 0 radical (unpaired) electrons. The van der Waals surface area contributed by atoms with Crippen molar-refractivity contribution >= 4 is 30.0 Å². The Morgan fingerprint density at radius 1 is 0.943 bits per heavy atom. The molecule has 17 nitrogen and oxygen atoms in total. The van der Waals surface area contributed by atoms with Gasteiger partial charge in [-0.25, -0.2) is 9.59 Å². The first-order valence-corrected chi connectivity index (χ1v) is 17.3. The van der Waals surface area contributed by atoms with Gasteiger partial charge in [0.25, 0.3) is 5.91 Å². The predicted molar refractivity (Wildman–Crippen MR) is 195 cm³/mol. The Morgan fingerprint density at radius 2 is 1.62 bits per heavy atom. The summed E-state index contributed by atoms with van der Waals surface area (Å²) < 4.78 is 16.0. The van der Waals surface area contributed by atoms with Crippen LogP contribution in [0.5, 0.6) is 5.75 Å². The van der Waals surface area contributed by atoms with Crippen LogP contribution in [0.2, 0.25) is 0 Å². The van der Waals surface area contributed by atoms with Crippen molar-refractivity contribution < 1.29 is 38.3 Å². The Morgan fingerprint density at radius 3 is 2.25 bits per heavy atom. The van der Waals surface area contributed by atoms with E-state index in [0.717, 1.165) is 5.56 Å². The molecule has 0 bridgehead atoms. The fourth-order valence-corrected chi connectivity index (χ4v) is 5.46. The van der Waals surface area contributed by atoms with Gasteiger partial charge in [-0.2, -0.15) is 4.98 Å². The van der Waals surface area contributed by atoms with E-state index in [2.05, 4.69) is 31.4 Å². The number of nitrogens with one attached hydrogen (secondary N) is 5. The highest BCUT2D eigenvalue weighted by Crippen LogP contribution is 2.24. The van der Waals surface area contributed by atoms with Crippen LogP contribution in [-0.4, -0.2) is 76.0 Å². The number of carbonyl (C=O) groups is 4. The summed E-state index contributed by atoms with van der Waals surface area (Å²) >= 11 is 0. The maximum absolute atomic E-state index is 14.2. The molecular weight excluding hydrogens is 686 g/mol. The van der Waals surface area contributed by atoms with Crippen molar-refractivity contribution in [1.82, 2.24) is 31.4 Å². The number of hydrogen-bond donors (Lipinski definition) is 8. The molecule has 1 heterocycles. The molecule has 2 aromatic carbocycles. The summed E-state index contributed by atoms with van der Waals surface area (Å²) in [4.78, 5) is 56.1. The normalized spacial score (nSPS) is 12.8. The van der Waals surface area contributed by atoms with Gasteiger partial charge >= 0.3 is 12.2 Å². The number of phenolic OH excluding ortho intramolecular Hbond substituents is 1. The van der Waals surface area contributed by atoms with Crippen LogP contribution < -0.4 is 32.7 Å². The summed E-state index contributed by atoms with van der Waals surface area (Å²) in [5.41, 5.74) is 13.0. The second-order valence-electron chi connectivity index (χ2n) is 13.6.